The van der Waals surface area contributed by atoms with E-state index in [2.05, 4.69) is 30.4 Å². The molecule has 1 unspecified atom stereocenters. The highest BCUT2D eigenvalue weighted by Crippen LogP contribution is 2.16. The first-order chi connectivity index (χ1) is 7.24. The standard InChI is InChI=1S/C12H26N2S/c1-11(10-15-3)14(2)9-6-12-4-7-13-8-5-12/h11-13H,4-10H2,1-3H3. The van der Waals surface area contributed by atoms with Crippen molar-refractivity contribution in [2.75, 3.05) is 38.7 Å². The van der Waals surface area contributed by atoms with Gasteiger partial charge < -0.3 is 10.2 Å². The minimum atomic E-state index is 0.724. The maximum Gasteiger partial charge on any atom is 0.0154 e. The monoisotopic (exact) mass is 230 g/mol. The molecule has 0 saturated carbocycles. The maximum atomic E-state index is 3.43. The van der Waals surface area contributed by atoms with Crippen molar-refractivity contribution in [1.82, 2.24) is 10.2 Å². The summed E-state index contributed by atoms with van der Waals surface area (Å²) in [6.45, 7) is 6.06. The van der Waals surface area contributed by atoms with Gasteiger partial charge in [-0.05, 0) is 65.0 Å². The smallest absolute Gasteiger partial charge is 0.0154 e. The Balaban J connectivity index is 2.11. The predicted octanol–water partition coefficient (Wildman–Crippen LogP) is 2.06. The molecular weight excluding hydrogens is 204 g/mol. The van der Waals surface area contributed by atoms with Crippen LogP contribution in [0.25, 0.3) is 0 Å². The second kappa shape index (κ2) is 7.53. The SMILES string of the molecule is CSCC(C)N(C)CCC1CCNCC1. The van der Waals surface area contributed by atoms with Crippen LogP contribution in [0.5, 0.6) is 0 Å². The lowest BCUT2D eigenvalue weighted by atomic mass is 9.94. The summed E-state index contributed by atoms with van der Waals surface area (Å²) in [6, 6.07) is 0.724. The Morgan fingerprint density at radius 3 is 2.67 bits per heavy atom. The number of piperidine rings is 1. The van der Waals surface area contributed by atoms with Gasteiger partial charge in [-0.3, -0.25) is 0 Å². The average molecular weight is 230 g/mol. The molecule has 0 aromatic carbocycles. The molecule has 0 spiro atoms. The topological polar surface area (TPSA) is 15.3 Å². The van der Waals surface area contributed by atoms with Crippen LogP contribution in [0.2, 0.25) is 0 Å². The lowest BCUT2D eigenvalue weighted by Crippen LogP contribution is -2.34. The van der Waals surface area contributed by atoms with Gasteiger partial charge in [-0.2, -0.15) is 11.8 Å². The number of hydrogen-bond acceptors (Lipinski definition) is 3. The summed E-state index contributed by atoms with van der Waals surface area (Å²) in [7, 11) is 2.27. The van der Waals surface area contributed by atoms with E-state index < -0.39 is 0 Å². The number of hydrogen-bond donors (Lipinski definition) is 1. The average Bonchev–Trinajstić information content (AvgIpc) is 2.27. The molecule has 1 aliphatic heterocycles. The van der Waals surface area contributed by atoms with Gasteiger partial charge in [0, 0.05) is 11.8 Å². The van der Waals surface area contributed by atoms with Crippen LogP contribution in [0.4, 0.5) is 0 Å². The minimum Gasteiger partial charge on any atom is -0.317 e. The zero-order chi connectivity index (χ0) is 11.1. The van der Waals surface area contributed by atoms with Crippen LogP contribution < -0.4 is 5.32 Å². The van der Waals surface area contributed by atoms with Crippen molar-refractivity contribution in [2.24, 2.45) is 5.92 Å². The minimum absolute atomic E-state index is 0.724. The summed E-state index contributed by atoms with van der Waals surface area (Å²) in [5, 5.41) is 3.43. The van der Waals surface area contributed by atoms with Crippen LogP contribution in [-0.4, -0.2) is 49.6 Å². The van der Waals surface area contributed by atoms with Gasteiger partial charge in [-0.25, -0.2) is 0 Å². The normalized spacial score (nSPS) is 20.8. The van der Waals surface area contributed by atoms with Crippen LogP contribution in [0.1, 0.15) is 26.2 Å². The van der Waals surface area contributed by atoms with Crippen molar-refractivity contribution in [3.05, 3.63) is 0 Å². The molecule has 1 saturated heterocycles. The molecule has 0 bridgehead atoms. The Morgan fingerprint density at radius 2 is 2.07 bits per heavy atom. The van der Waals surface area contributed by atoms with Gasteiger partial charge in [-0.1, -0.05) is 0 Å². The highest BCUT2D eigenvalue weighted by Gasteiger charge is 2.15. The summed E-state index contributed by atoms with van der Waals surface area (Å²) in [6.07, 6.45) is 6.34. The van der Waals surface area contributed by atoms with E-state index in [1.807, 2.05) is 11.8 Å². The van der Waals surface area contributed by atoms with E-state index in [1.54, 1.807) is 0 Å². The second-order valence-corrected chi connectivity index (χ2v) is 5.68. The Kier molecular flexibility index (Phi) is 6.69. The van der Waals surface area contributed by atoms with Gasteiger partial charge in [0.05, 0.1) is 0 Å². The second-order valence-electron chi connectivity index (χ2n) is 4.77. The molecule has 15 heavy (non-hydrogen) atoms. The summed E-state index contributed by atoms with van der Waals surface area (Å²) >= 11 is 1.95. The first-order valence-electron chi connectivity index (χ1n) is 6.14. The Hall–Kier alpha value is 0.270. The van der Waals surface area contributed by atoms with E-state index in [9.17, 15) is 0 Å². The molecule has 0 radical (unpaired) electrons. The van der Waals surface area contributed by atoms with E-state index >= 15 is 0 Å². The molecule has 1 heterocycles. The summed E-state index contributed by atoms with van der Waals surface area (Å²) < 4.78 is 0. The highest BCUT2D eigenvalue weighted by molar-refractivity contribution is 7.98. The van der Waals surface area contributed by atoms with Gasteiger partial charge >= 0.3 is 0 Å². The van der Waals surface area contributed by atoms with Gasteiger partial charge in [-0.15, -0.1) is 0 Å². The number of nitrogens with one attached hydrogen (secondary N) is 1. The molecule has 1 aliphatic rings. The third-order valence-electron chi connectivity index (χ3n) is 3.51. The Bertz CT molecular complexity index is 158. The number of nitrogens with zero attached hydrogens (tertiary/aromatic N) is 1. The van der Waals surface area contributed by atoms with Crippen molar-refractivity contribution >= 4 is 11.8 Å². The molecule has 90 valence electrons. The molecule has 1 rings (SSSR count). The fraction of sp³-hybridized carbons (Fsp3) is 1.00. The van der Waals surface area contributed by atoms with E-state index in [0.717, 1.165) is 12.0 Å². The molecule has 0 aliphatic carbocycles. The molecule has 0 amide bonds. The van der Waals surface area contributed by atoms with Crippen LogP contribution >= 0.6 is 11.8 Å². The van der Waals surface area contributed by atoms with E-state index in [1.165, 1.54) is 44.6 Å². The fourth-order valence-electron chi connectivity index (χ4n) is 2.15. The Morgan fingerprint density at radius 1 is 1.40 bits per heavy atom. The van der Waals surface area contributed by atoms with Crippen LogP contribution in [-0.2, 0) is 0 Å². The van der Waals surface area contributed by atoms with Gasteiger partial charge in [0.15, 0.2) is 0 Å². The first-order valence-corrected chi connectivity index (χ1v) is 7.53. The third-order valence-corrected chi connectivity index (χ3v) is 4.32. The predicted molar refractivity (Wildman–Crippen MR) is 70.7 cm³/mol. The van der Waals surface area contributed by atoms with Crippen molar-refractivity contribution < 1.29 is 0 Å². The summed E-state index contributed by atoms with van der Waals surface area (Å²) in [5.74, 6) is 2.22. The zero-order valence-corrected chi connectivity index (χ0v) is 11.3. The molecule has 1 N–H and O–H groups in total. The summed E-state index contributed by atoms with van der Waals surface area (Å²) in [5.41, 5.74) is 0. The van der Waals surface area contributed by atoms with Crippen molar-refractivity contribution in [3.63, 3.8) is 0 Å². The largest absolute Gasteiger partial charge is 0.317 e. The fourth-order valence-corrected chi connectivity index (χ4v) is 2.88. The lowest BCUT2D eigenvalue weighted by Gasteiger charge is -2.28. The maximum absolute atomic E-state index is 3.43. The first kappa shape index (κ1) is 13.3. The molecule has 3 heteroatoms. The molecule has 0 aromatic heterocycles. The highest BCUT2D eigenvalue weighted by atomic mass is 32.2. The van der Waals surface area contributed by atoms with Gasteiger partial charge in [0.25, 0.3) is 0 Å². The van der Waals surface area contributed by atoms with E-state index in [0.29, 0.717) is 0 Å². The van der Waals surface area contributed by atoms with Gasteiger partial charge in [0.1, 0.15) is 0 Å². The lowest BCUT2D eigenvalue weighted by molar-refractivity contribution is 0.237. The van der Waals surface area contributed by atoms with Crippen LogP contribution in [0.3, 0.4) is 0 Å². The number of thioether (sulfide) groups is 1. The van der Waals surface area contributed by atoms with Crippen molar-refractivity contribution in [1.29, 1.82) is 0 Å². The van der Waals surface area contributed by atoms with E-state index in [4.69, 9.17) is 0 Å². The van der Waals surface area contributed by atoms with E-state index in [-0.39, 0.29) is 0 Å². The number of rotatable bonds is 6. The van der Waals surface area contributed by atoms with Crippen molar-refractivity contribution in [2.45, 2.75) is 32.2 Å². The zero-order valence-electron chi connectivity index (χ0n) is 10.5. The molecule has 0 aromatic rings. The van der Waals surface area contributed by atoms with Crippen LogP contribution in [0, 0.1) is 5.92 Å². The van der Waals surface area contributed by atoms with Gasteiger partial charge in [0.2, 0.25) is 0 Å². The third kappa shape index (κ3) is 5.23. The molecule has 1 atom stereocenters. The molecule has 1 fully saturated rings. The molecule has 2 nitrogen and oxygen atoms in total. The van der Waals surface area contributed by atoms with Crippen LogP contribution in [0.15, 0.2) is 0 Å². The Labute approximate surface area is 99.2 Å². The summed E-state index contributed by atoms with van der Waals surface area (Å²) in [4.78, 5) is 2.51. The molecular formula is C12H26N2S. The quantitative estimate of drug-likeness (QED) is 0.752. The van der Waals surface area contributed by atoms with Crippen molar-refractivity contribution in [3.8, 4) is 0 Å².